The van der Waals surface area contributed by atoms with Crippen LogP contribution in [0.2, 0.25) is 10.0 Å². The summed E-state index contributed by atoms with van der Waals surface area (Å²) < 4.78 is 32.9. The first kappa shape index (κ1) is 23.8. The molecule has 1 heterocycles. The summed E-state index contributed by atoms with van der Waals surface area (Å²) >= 11 is 11.8. The van der Waals surface area contributed by atoms with Gasteiger partial charge in [0.25, 0.3) is 15.9 Å². The van der Waals surface area contributed by atoms with Gasteiger partial charge >= 0.3 is 0 Å². The van der Waals surface area contributed by atoms with Crippen LogP contribution in [0.15, 0.2) is 47.4 Å². The van der Waals surface area contributed by atoms with Crippen molar-refractivity contribution in [3.63, 3.8) is 0 Å². The smallest absolute Gasteiger partial charge is 0.261 e. The van der Waals surface area contributed by atoms with Crippen LogP contribution in [0.3, 0.4) is 0 Å². The molecular formula is C21H25Cl2N3O4S. The van der Waals surface area contributed by atoms with E-state index in [1.807, 2.05) is 0 Å². The molecule has 0 spiro atoms. The molecule has 1 saturated heterocycles. The highest BCUT2D eigenvalue weighted by atomic mass is 35.5. The SMILES string of the molecule is CC(C)(CNC(=O)c1ccc(NS(=O)(=O)c2ccc(Cl)c(Cl)c2)cc1)N1CCOCC1. The topological polar surface area (TPSA) is 87.7 Å². The van der Waals surface area contributed by atoms with Gasteiger partial charge < -0.3 is 10.1 Å². The lowest BCUT2D eigenvalue weighted by atomic mass is 10.0. The second-order valence-corrected chi connectivity index (χ2v) is 10.4. The van der Waals surface area contributed by atoms with Gasteiger partial charge in [-0.3, -0.25) is 14.4 Å². The van der Waals surface area contributed by atoms with E-state index in [9.17, 15) is 13.2 Å². The van der Waals surface area contributed by atoms with Crippen molar-refractivity contribution in [2.45, 2.75) is 24.3 Å². The van der Waals surface area contributed by atoms with E-state index in [-0.39, 0.29) is 26.4 Å². The molecule has 2 N–H and O–H groups in total. The lowest BCUT2D eigenvalue weighted by Gasteiger charge is -2.40. The monoisotopic (exact) mass is 485 g/mol. The predicted octanol–water partition coefficient (Wildman–Crippen LogP) is 3.63. The molecule has 3 rings (SSSR count). The Morgan fingerprint density at radius 2 is 1.71 bits per heavy atom. The summed E-state index contributed by atoms with van der Waals surface area (Å²) in [5, 5.41) is 3.38. The molecule has 7 nitrogen and oxygen atoms in total. The summed E-state index contributed by atoms with van der Waals surface area (Å²) in [5.41, 5.74) is 0.570. The molecule has 1 aliphatic rings. The quantitative estimate of drug-likeness (QED) is 0.624. The zero-order chi connectivity index (χ0) is 22.6. The van der Waals surface area contributed by atoms with Crippen molar-refractivity contribution in [1.29, 1.82) is 0 Å². The van der Waals surface area contributed by atoms with Gasteiger partial charge in [0.1, 0.15) is 0 Å². The number of sulfonamides is 1. The molecule has 2 aromatic rings. The summed E-state index contributed by atoms with van der Waals surface area (Å²) in [6.45, 7) is 7.69. The zero-order valence-electron chi connectivity index (χ0n) is 17.3. The fraction of sp³-hybridized carbons (Fsp3) is 0.381. The van der Waals surface area contributed by atoms with Crippen molar-refractivity contribution in [3.8, 4) is 0 Å². The Morgan fingerprint density at radius 3 is 2.32 bits per heavy atom. The van der Waals surface area contributed by atoms with Crippen molar-refractivity contribution in [3.05, 3.63) is 58.1 Å². The Kier molecular flexibility index (Phi) is 7.49. The number of nitrogens with zero attached hydrogens (tertiary/aromatic N) is 1. The number of carbonyl (C=O) groups excluding carboxylic acids is 1. The van der Waals surface area contributed by atoms with E-state index in [4.69, 9.17) is 27.9 Å². The summed E-state index contributed by atoms with van der Waals surface area (Å²) in [5.74, 6) is -0.222. The Labute approximate surface area is 192 Å². The van der Waals surface area contributed by atoms with Gasteiger partial charge in [-0.15, -0.1) is 0 Å². The maximum absolute atomic E-state index is 12.5. The Balaban J connectivity index is 1.61. The number of rotatable bonds is 7. The molecule has 31 heavy (non-hydrogen) atoms. The van der Waals surface area contributed by atoms with Gasteiger partial charge in [-0.25, -0.2) is 8.42 Å². The second-order valence-electron chi connectivity index (χ2n) is 7.85. The van der Waals surface area contributed by atoms with Gasteiger partial charge in [-0.1, -0.05) is 23.2 Å². The van der Waals surface area contributed by atoms with E-state index < -0.39 is 10.0 Å². The lowest BCUT2D eigenvalue weighted by Crippen LogP contribution is -2.55. The van der Waals surface area contributed by atoms with Crippen LogP contribution in [-0.2, 0) is 14.8 Å². The molecule has 168 valence electrons. The number of morpholine rings is 1. The Hall–Kier alpha value is -1.84. The Morgan fingerprint density at radius 1 is 1.06 bits per heavy atom. The standard InChI is InChI=1S/C21H25Cl2N3O4S/c1-21(2,26-9-11-30-12-10-26)14-24-20(27)15-3-5-16(6-4-15)25-31(28,29)17-7-8-18(22)19(23)13-17/h3-8,13,25H,9-12,14H2,1-2H3,(H,24,27). The maximum atomic E-state index is 12.5. The van der Waals surface area contributed by atoms with Crippen molar-refractivity contribution in [2.24, 2.45) is 0 Å². The molecule has 10 heteroatoms. The summed E-state index contributed by atoms with van der Waals surface area (Å²) in [7, 11) is -3.84. The highest BCUT2D eigenvalue weighted by molar-refractivity contribution is 7.92. The van der Waals surface area contributed by atoms with Crippen molar-refractivity contribution in [1.82, 2.24) is 10.2 Å². The molecule has 2 aromatic carbocycles. The van der Waals surface area contributed by atoms with Crippen molar-refractivity contribution in [2.75, 3.05) is 37.6 Å². The fourth-order valence-corrected chi connectivity index (χ4v) is 4.67. The average molecular weight is 486 g/mol. The molecule has 0 aromatic heterocycles. The van der Waals surface area contributed by atoms with E-state index in [0.29, 0.717) is 31.0 Å². The first-order valence-corrected chi connectivity index (χ1v) is 12.0. The van der Waals surface area contributed by atoms with Crippen LogP contribution in [0.25, 0.3) is 0 Å². The van der Waals surface area contributed by atoms with Crippen LogP contribution in [0, 0.1) is 0 Å². The third kappa shape index (κ3) is 6.11. The van der Waals surface area contributed by atoms with E-state index in [1.54, 1.807) is 12.1 Å². The first-order chi connectivity index (χ1) is 14.6. The Bertz CT molecular complexity index is 1040. The molecule has 0 atom stereocenters. The van der Waals surface area contributed by atoms with Crippen LogP contribution >= 0.6 is 23.2 Å². The predicted molar refractivity (Wildman–Crippen MR) is 123 cm³/mol. The van der Waals surface area contributed by atoms with Crippen LogP contribution in [0.5, 0.6) is 0 Å². The number of halogens is 2. The largest absolute Gasteiger partial charge is 0.379 e. The number of carbonyl (C=O) groups is 1. The molecule has 0 saturated carbocycles. The summed E-state index contributed by atoms with van der Waals surface area (Å²) in [4.78, 5) is 14.8. The van der Waals surface area contributed by atoms with Crippen LogP contribution in [-0.4, -0.2) is 57.6 Å². The highest BCUT2D eigenvalue weighted by Crippen LogP contribution is 2.26. The van der Waals surface area contributed by atoms with Crippen molar-refractivity contribution < 1.29 is 17.9 Å². The average Bonchev–Trinajstić information content (AvgIpc) is 2.75. The lowest BCUT2D eigenvalue weighted by molar-refractivity contribution is -0.00923. The van der Waals surface area contributed by atoms with Crippen LogP contribution in [0.4, 0.5) is 5.69 Å². The fourth-order valence-electron chi connectivity index (χ4n) is 3.23. The number of amides is 1. The number of anilines is 1. The van der Waals surface area contributed by atoms with Crippen LogP contribution in [0.1, 0.15) is 24.2 Å². The molecule has 0 bridgehead atoms. The zero-order valence-corrected chi connectivity index (χ0v) is 19.6. The minimum absolute atomic E-state index is 0.00550. The third-order valence-electron chi connectivity index (χ3n) is 5.15. The van der Waals surface area contributed by atoms with E-state index in [0.717, 1.165) is 13.1 Å². The first-order valence-electron chi connectivity index (χ1n) is 9.77. The van der Waals surface area contributed by atoms with Gasteiger partial charge in [0.2, 0.25) is 0 Å². The third-order valence-corrected chi connectivity index (χ3v) is 7.27. The molecule has 0 radical (unpaired) electrons. The number of hydrogen-bond acceptors (Lipinski definition) is 5. The molecular weight excluding hydrogens is 461 g/mol. The number of benzene rings is 2. The number of nitrogens with one attached hydrogen (secondary N) is 2. The molecule has 0 aliphatic carbocycles. The van der Waals surface area contributed by atoms with E-state index >= 15 is 0 Å². The van der Waals surface area contributed by atoms with Crippen LogP contribution < -0.4 is 10.0 Å². The van der Waals surface area contributed by atoms with Gasteiger partial charge in [0.05, 0.1) is 28.2 Å². The van der Waals surface area contributed by atoms with E-state index in [1.165, 1.54) is 30.3 Å². The normalized spacial score (nSPS) is 15.5. The minimum atomic E-state index is -3.84. The maximum Gasteiger partial charge on any atom is 0.261 e. The molecule has 0 unspecified atom stereocenters. The van der Waals surface area contributed by atoms with Gasteiger partial charge in [0.15, 0.2) is 0 Å². The number of hydrogen-bond donors (Lipinski definition) is 2. The highest BCUT2D eigenvalue weighted by Gasteiger charge is 2.28. The van der Waals surface area contributed by atoms with Gasteiger partial charge in [-0.05, 0) is 56.3 Å². The van der Waals surface area contributed by atoms with E-state index in [2.05, 4.69) is 28.8 Å². The molecule has 1 aliphatic heterocycles. The van der Waals surface area contributed by atoms with Gasteiger partial charge in [0, 0.05) is 36.4 Å². The molecule has 1 fully saturated rings. The second kappa shape index (κ2) is 9.75. The van der Waals surface area contributed by atoms with Crippen molar-refractivity contribution >= 4 is 44.8 Å². The van der Waals surface area contributed by atoms with Gasteiger partial charge in [-0.2, -0.15) is 0 Å². The molecule has 1 amide bonds. The number of ether oxygens (including phenoxy) is 1. The summed E-state index contributed by atoms with van der Waals surface area (Å²) in [6.07, 6.45) is 0. The summed E-state index contributed by atoms with van der Waals surface area (Å²) in [6, 6.07) is 10.3. The minimum Gasteiger partial charge on any atom is -0.379 e.